The number of aryl methyl sites for hydroxylation is 1. The Morgan fingerprint density at radius 3 is 2.92 bits per heavy atom. The van der Waals surface area contributed by atoms with E-state index in [1.165, 1.54) is 0 Å². The van der Waals surface area contributed by atoms with Gasteiger partial charge in [0.15, 0.2) is 5.78 Å². The molecular weight excluding hydrogens is 154 g/mol. The van der Waals surface area contributed by atoms with Crippen LogP contribution in [0.3, 0.4) is 0 Å². The number of carbonyl (C=O) groups is 1. The van der Waals surface area contributed by atoms with Gasteiger partial charge in [-0.1, -0.05) is 0 Å². The summed E-state index contributed by atoms with van der Waals surface area (Å²) in [5, 5.41) is 3.95. The fourth-order valence-corrected chi connectivity index (χ4v) is 0.925. The highest BCUT2D eigenvalue weighted by Gasteiger charge is 2.09. The Hall–Kier alpha value is -1.16. The molecule has 0 saturated carbocycles. The van der Waals surface area contributed by atoms with Crippen LogP contribution in [0.4, 0.5) is 0 Å². The smallest absolute Gasteiger partial charge is 0.153 e. The molecule has 4 nitrogen and oxygen atoms in total. The van der Waals surface area contributed by atoms with Gasteiger partial charge in [0.2, 0.25) is 0 Å². The van der Waals surface area contributed by atoms with Gasteiger partial charge in [-0.3, -0.25) is 9.48 Å². The van der Waals surface area contributed by atoms with Gasteiger partial charge >= 0.3 is 0 Å². The van der Waals surface area contributed by atoms with Gasteiger partial charge in [-0.05, 0) is 12.5 Å². The molecular formula is C8H13N3O. The minimum Gasteiger partial charge on any atom is -0.322 e. The second kappa shape index (κ2) is 3.49. The van der Waals surface area contributed by atoms with Crippen LogP contribution in [-0.4, -0.2) is 21.6 Å². The number of nitrogens with zero attached hydrogens (tertiary/aromatic N) is 2. The van der Waals surface area contributed by atoms with E-state index in [4.69, 9.17) is 5.73 Å². The van der Waals surface area contributed by atoms with Gasteiger partial charge in [0.05, 0.1) is 12.2 Å². The molecule has 0 saturated heterocycles. The standard InChI is InChI=1S/C8H13N3O/c1-6(9)8(12)3-7-4-10-11(2)5-7/h4-6H,3,9H2,1-2H3. The van der Waals surface area contributed by atoms with E-state index in [0.717, 1.165) is 5.56 Å². The first kappa shape index (κ1) is 8.93. The average molecular weight is 167 g/mol. The predicted octanol–water partition coefficient (Wildman–Crippen LogP) is -0.121. The number of ketones is 1. The maximum Gasteiger partial charge on any atom is 0.153 e. The lowest BCUT2D eigenvalue weighted by atomic mass is 10.1. The van der Waals surface area contributed by atoms with E-state index >= 15 is 0 Å². The van der Waals surface area contributed by atoms with Crippen molar-refractivity contribution in [3.63, 3.8) is 0 Å². The molecule has 0 aromatic carbocycles. The van der Waals surface area contributed by atoms with Gasteiger partial charge in [-0.2, -0.15) is 5.10 Å². The summed E-state index contributed by atoms with van der Waals surface area (Å²) in [4.78, 5) is 11.2. The molecule has 4 heteroatoms. The normalized spacial score (nSPS) is 12.9. The van der Waals surface area contributed by atoms with Crippen molar-refractivity contribution in [2.45, 2.75) is 19.4 Å². The fourth-order valence-electron chi connectivity index (χ4n) is 0.925. The Balaban J connectivity index is 2.58. The van der Waals surface area contributed by atoms with Crippen molar-refractivity contribution < 1.29 is 4.79 Å². The molecule has 1 atom stereocenters. The maximum atomic E-state index is 11.2. The van der Waals surface area contributed by atoms with Crippen LogP contribution in [0.2, 0.25) is 0 Å². The number of aromatic nitrogens is 2. The van der Waals surface area contributed by atoms with E-state index in [1.54, 1.807) is 17.8 Å². The van der Waals surface area contributed by atoms with Gasteiger partial charge in [0.25, 0.3) is 0 Å². The molecule has 1 aromatic rings. The molecule has 0 bridgehead atoms. The number of Topliss-reactive ketones (excluding diaryl/α,β-unsaturated/α-hetero) is 1. The molecule has 1 unspecified atom stereocenters. The molecule has 0 aliphatic heterocycles. The summed E-state index contributed by atoms with van der Waals surface area (Å²) in [5.74, 6) is 0.0444. The summed E-state index contributed by atoms with van der Waals surface area (Å²) >= 11 is 0. The fraction of sp³-hybridized carbons (Fsp3) is 0.500. The van der Waals surface area contributed by atoms with Gasteiger partial charge in [0.1, 0.15) is 0 Å². The molecule has 1 rings (SSSR count). The SMILES string of the molecule is CC(N)C(=O)Cc1cnn(C)c1. The zero-order valence-corrected chi connectivity index (χ0v) is 7.32. The van der Waals surface area contributed by atoms with Crippen LogP contribution in [0.5, 0.6) is 0 Å². The van der Waals surface area contributed by atoms with E-state index in [1.807, 2.05) is 13.2 Å². The largest absolute Gasteiger partial charge is 0.322 e. The van der Waals surface area contributed by atoms with Crippen LogP contribution in [0.25, 0.3) is 0 Å². The number of hydrogen-bond acceptors (Lipinski definition) is 3. The molecule has 12 heavy (non-hydrogen) atoms. The molecule has 0 amide bonds. The van der Waals surface area contributed by atoms with Crippen LogP contribution in [0.15, 0.2) is 12.4 Å². The predicted molar refractivity (Wildman–Crippen MR) is 45.6 cm³/mol. The van der Waals surface area contributed by atoms with Gasteiger partial charge in [-0.15, -0.1) is 0 Å². The van der Waals surface area contributed by atoms with Crippen LogP contribution >= 0.6 is 0 Å². The topological polar surface area (TPSA) is 60.9 Å². The van der Waals surface area contributed by atoms with Crippen LogP contribution < -0.4 is 5.73 Å². The Kier molecular flexibility index (Phi) is 2.60. The third kappa shape index (κ3) is 2.17. The third-order valence-electron chi connectivity index (χ3n) is 1.64. The summed E-state index contributed by atoms with van der Waals surface area (Å²) in [6.45, 7) is 1.69. The highest BCUT2D eigenvalue weighted by Crippen LogP contribution is 1.99. The summed E-state index contributed by atoms with van der Waals surface area (Å²) in [7, 11) is 1.82. The lowest BCUT2D eigenvalue weighted by molar-refractivity contribution is -0.119. The van der Waals surface area contributed by atoms with E-state index in [-0.39, 0.29) is 11.8 Å². The zero-order chi connectivity index (χ0) is 9.14. The summed E-state index contributed by atoms with van der Waals surface area (Å²) in [5.41, 5.74) is 6.33. The summed E-state index contributed by atoms with van der Waals surface area (Å²) < 4.78 is 1.67. The highest BCUT2D eigenvalue weighted by atomic mass is 16.1. The van der Waals surface area contributed by atoms with Crippen molar-refractivity contribution in [2.24, 2.45) is 12.8 Å². The van der Waals surface area contributed by atoms with Crippen molar-refractivity contribution in [3.05, 3.63) is 18.0 Å². The van der Waals surface area contributed by atoms with Gasteiger partial charge in [-0.25, -0.2) is 0 Å². The quantitative estimate of drug-likeness (QED) is 0.682. The van der Waals surface area contributed by atoms with Gasteiger partial charge in [0, 0.05) is 19.7 Å². The van der Waals surface area contributed by atoms with Gasteiger partial charge < -0.3 is 5.73 Å². The van der Waals surface area contributed by atoms with Crippen molar-refractivity contribution in [3.8, 4) is 0 Å². The second-order valence-electron chi connectivity index (χ2n) is 2.95. The van der Waals surface area contributed by atoms with Crippen molar-refractivity contribution >= 4 is 5.78 Å². The molecule has 0 radical (unpaired) electrons. The van der Waals surface area contributed by atoms with E-state index in [9.17, 15) is 4.79 Å². The Morgan fingerprint density at radius 1 is 1.83 bits per heavy atom. The average Bonchev–Trinajstić information content (AvgIpc) is 2.35. The molecule has 2 N–H and O–H groups in total. The maximum absolute atomic E-state index is 11.2. The Morgan fingerprint density at radius 2 is 2.50 bits per heavy atom. The first-order chi connectivity index (χ1) is 5.59. The van der Waals surface area contributed by atoms with Crippen LogP contribution in [0.1, 0.15) is 12.5 Å². The Bertz CT molecular complexity index is 278. The lowest BCUT2D eigenvalue weighted by Gasteiger charge is -2.00. The third-order valence-corrected chi connectivity index (χ3v) is 1.64. The first-order valence-corrected chi connectivity index (χ1v) is 3.85. The van der Waals surface area contributed by atoms with Crippen molar-refractivity contribution in [1.82, 2.24) is 9.78 Å². The minimum absolute atomic E-state index is 0.0444. The monoisotopic (exact) mass is 167 g/mol. The van der Waals surface area contributed by atoms with E-state index < -0.39 is 0 Å². The lowest BCUT2D eigenvalue weighted by Crippen LogP contribution is -2.27. The highest BCUT2D eigenvalue weighted by molar-refractivity contribution is 5.85. The molecule has 0 fully saturated rings. The van der Waals surface area contributed by atoms with E-state index in [0.29, 0.717) is 6.42 Å². The van der Waals surface area contributed by atoms with Crippen LogP contribution in [-0.2, 0) is 18.3 Å². The summed E-state index contributed by atoms with van der Waals surface area (Å²) in [6, 6.07) is -0.384. The van der Waals surface area contributed by atoms with Crippen molar-refractivity contribution in [1.29, 1.82) is 0 Å². The number of carbonyl (C=O) groups excluding carboxylic acids is 1. The van der Waals surface area contributed by atoms with Crippen LogP contribution in [0, 0.1) is 0 Å². The number of rotatable bonds is 3. The van der Waals surface area contributed by atoms with Crippen molar-refractivity contribution in [2.75, 3.05) is 0 Å². The first-order valence-electron chi connectivity index (χ1n) is 3.85. The molecule has 0 aliphatic rings. The molecule has 0 aliphatic carbocycles. The molecule has 1 aromatic heterocycles. The molecule has 1 heterocycles. The number of hydrogen-bond donors (Lipinski definition) is 1. The minimum atomic E-state index is -0.384. The summed E-state index contributed by atoms with van der Waals surface area (Å²) in [6.07, 6.45) is 3.88. The second-order valence-corrected chi connectivity index (χ2v) is 2.95. The zero-order valence-electron chi connectivity index (χ0n) is 7.32. The Labute approximate surface area is 71.4 Å². The van der Waals surface area contributed by atoms with E-state index in [2.05, 4.69) is 5.10 Å². The number of nitrogens with two attached hydrogens (primary N) is 1. The molecule has 66 valence electrons. The molecule has 0 spiro atoms.